The molecule has 184 valence electrons. The Hall–Kier alpha value is -2.28. The van der Waals surface area contributed by atoms with Gasteiger partial charge in [0.25, 0.3) is 0 Å². The molecule has 1 amide bonds. The van der Waals surface area contributed by atoms with Crippen molar-refractivity contribution in [1.82, 2.24) is 5.32 Å². The van der Waals surface area contributed by atoms with Gasteiger partial charge in [-0.3, -0.25) is 14.4 Å². The highest BCUT2D eigenvalue weighted by atomic mass is 35.5. The number of ether oxygens (including phenoxy) is 2. The number of carboxylic acid groups (broad SMARTS) is 1. The maximum atomic E-state index is 13.4. The molecule has 8 heteroatoms. The van der Waals surface area contributed by atoms with E-state index in [9.17, 15) is 19.5 Å². The van der Waals surface area contributed by atoms with Gasteiger partial charge in [-0.2, -0.15) is 0 Å². The molecule has 7 nitrogen and oxygen atoms in total. The van der Waals surface area contributed by atoms with Gasteiger partial charge in [0, 0.05) is 17.5 Å². The second-order valence-electron chi connectivity index (χ2n) is 8.79. The molecule has 1 aromatic carbocycles. The Morgan fingerprint density at radius 2 is 1.79 bits per heavy atom. The minimum absolute atomic E-state index is 0.0386. The van der Waals surface area contributed by atoms with E-state index < -0.39 is 23.3 Å². The van der Waals surface area contributed by atoms with Gasteiger partial charge in [0.05, 0.1) is 31.0 Å². The molecule has 2 N–H and O–H groups in total. The van der Waals surface area contributed by atoms with E-state index in [1.165, 1.54) is 0 Å². The number of esters is 1. The first-order valence-corrected chi connectivity index (χ1v) is 12.2. The monoisotopic (exact) mass is 481 g/mol. The van der Waals surface area contributed by atoms with Gasteiger partial charge < -0.3 is 19.9 Å². The Bertz CT molecular complexity index is 776. The third-order valence-corrected chi connectivity index (χ3v) is 6.52. The molecule has 2 rings (SSSR count). The fourth-order valence-corrected chi connectivity index (χ4v) is 4.67. The maximum absolute atomic E-state index is 13.4. The summed E-state index contributed by atoms with van der Waals surface area (Å²) >= 11 is 5.90. The van der Waals surface area contributed by atoms with Crippen molar-refractivity contribution in [2.45, 2.75) is 77.7 Å². The summed E-state index contributed by atoms with van der Waals surface area (Å²) in [5, 5.41) is 13.3. The first kappa shape index (κ1) is 27.0. The summed E-state index contributed by atoms with van der Waals surface area (Å²) in [5.74, 6) is -1.30. The number of rotatable bonds is 14. The molecule has 0 heterocycles. The number of hydrogen-bond donors (Lipinski definition) is 2. The van der Waals surface area contributed by atoms with Crippen LogP contribution >= 0.6 is 11.6 Å². The van der Waals surface area contributed by atoms with Crippen LogP contribution in [0.2, 0.25) is 5.02 Å². The molecule has 0 aromatic heterocycles. The topological polar surface area (TPSA) is 102 Å². The van der Waals surface area contributed by atoms with Crippen LogP contribution in [0.5, 0.6) is 5.75 Å². The molecule has 2 unspecified atom stereocenters. The van der Waals surface area contributed by atoms with Crippen molar-refractivity contribution in [3.8, 4) is 5.75 Å². The zero-order chi connectivity index (χ0) is 24.3. The van der Waals surface area contributed by atoms with E-state index in [4.69, 9.17) is 21.1 Å². The Balaban J connectivity index is 2.07. The molecular weight excluding hydrogens is 446 g/mol. The second-order valence-corrected chi connectivity index (χ2v) is 9.22. The molecule has 1 fully saturated rings. The molecule has 2 atom stereocenters. The van der Waals surface area contributed by atoms with Gasteiger partial charge in [-0.15, -0.1) is 0 Å². The molecule has 0 spiro atoms. The van der Waals surface area contributed by atoms with Crippen LogP contribution in [0, 0.1) is 11.3 Å². The van der Waals surface area contributed by atoms with E-state index in [1.807, 2.05) is 6.92 Å². The SMILES string of the molecule is CCCC(CC1(C(=O)NC(CCOc2ccc(Cl)cc2)CC(=O)OCC)CCCC1)C(=O)O. The lowest BCUT2D eigenvalue weighted by molar-refractivity contribution is -0.144. The number of aliphatic carboxylic acids is 1. The van der Waals surface area contributed by atoms with Crippen molar-refractivity contribution in [3.63, 3.8) is 0 Å². The second kappa shape index (κ2) is 13.4. The van der Waals surface area contributed by atoms with E-state index in [0.29, 0.717) is 49.5 Å². The number of carbonyl (C=O) groups is 3. The zero-order valence-electron chi connectivity index (χ0n) is 19.6. The molecule has 0 saturated heterocycles. The van der Waals surface area contributed by atoms with Crippen molar-refractivity contribution in [2.24, 2.45) is 11.3 Å². The van der Waals surface area contributed by atoms with Crippen LogP contribution in [0.3, 0.4) is 0 Å². The number of nitrogens with one attached hydrogen (secondary N) is 1. The van der Waals surface area contributed by atoms with Crippen molar-refractivity contribution in [2.75, 3.05) is 13.2 Å². The molecular formula is C25H36ClNO6. The normalized spacial score (nSPS) is 16.6. The van der Waals surface area contributed by atoms with Crippen LogP contribution in [0.25, 0.3) is 0 Å². The summed E-state index contributed by atoms with van der Waals surface area (Å²) in [6.45, 7) is 4.25. The Kier molecular flexibility index (Phi) is 11.0. The summed E-state index contributed by atoms with van der Waals surface area (Å²) in [4.78, 5) is 37.4. The summed E-state index contributed by atoms with van der Waals surface area (Å²) in [5.41, 5.74) is -0.706. The first-order chi connectivity index (χ1) is 15.8. The van der Waals surface area contributed by atoms with Crippen molar-refractivity contribution < 1.29 is 29.0 Å². The van der Waals surface area contributed by atoms with Crippen molar-refractivity contribution in [3.05, 3.63) is 29.3 Å². The van der Waals surface area contributed by atoms with Crippen LogP contribution in [0.1, 0.15) is 71.6 Å². The van der Waals surface area contributed by atoms with Crippen LogP contribution in [0.4, 0.5) is 0 Å². The van der Waals surface area contributed by atoms with Crippen LogP contribution in [-0.2, 0) is 19.1 Å². The number of halogens is 1. The minimum Gasteiger partial charge on any atom is -0.494 e. The summed E-state index contributed by atoms with van der Waals surface area (Å²) in [6, 6.07) is 6.51. The fourth-order valence-electron chi connectivity index (χ4n) is 4.54. The molecule has 0 aliphatic heterocycles. The van der Waals surface area contributed by atoms with Gasteiger partial charge in [0.1, 0.15) is 5.75 Å². The fraction of sp³-hybridized carbons (Fsp3) is 0.640. The molecule has 33 heavy (non-hydrogen) atoms. The first-order valence-electron chi connectivity index (χ1n) is 11.9. The highest BCUT2D eigenvalue weighted by Crippen LogP contribution is 2.44. The number of carbonyl (C=O) groups excluding carboxylic acids is 2. The summed E-state index contributed by atoms with van der Waals surface area (Å²) in [6.07, 6.45) is 5.21. The van der Waals surface area contributed by atoms with E-state index in [1.54, 1.807) is 31.2 Å². The highest BCUT2D eigenvalue weighted by Gasteiger charge is 2.44. The molecule has 0 bridgehead atoms. The predicted molar refractivity (Wildman–Crippen MR) is 126 cm³/mol. The smallest absolute Gasteiger partial charge is 0.307 e. The average Bonchev–Trinajstić information content (AvgIpc) is 3.25. The number of amides is 1. The summed E-state index contributed by atoms with van der Waals surface area (Å²) in [7, 11) is 0. The molecule has 0 radical (unpaired) electrons. The molecule has 1 aromatic rings. The van der Waals surface area contributed by atoms with E-state index in [-0.39, 0.29) is 24.9 Å². The van der Waals surface area contributed by atoms with Gasteiger partial charge in [-0.05, 0) is 56.9 Å². The quantitative estimate of drug-likeness (QED) is 0.362. The molecule has 1 aliphatic carbocycles. The lowest BCUT2D eigenvalue weighted by Gasteiger charge is -2.32. The van der Waals surface area contributed by atoms with Crippen LogP contribution < -0.4 is 10.1 Å². The van der Waals surface area contributed by atoms with Crippen LogP contribution in [-0.4, -0.2) is 42.2 Å². The third-order valence-electron chi connectivity index (χ3n) is 6.27. The Morgan fingerprint density at radius 3 is 2.36 bits per heavy atom. The van der Waals surface area contributed by atoms with Gasteiger partial charge in [-0.25, -0.2) is 0 Å². The standard InChI is InChI=1S/C25H36ClNO6/c1-3-7-18(23(29)30)17-25(13-5-6-14-25)24(31)27-20(16-22(28)32-4-2)12-15-33-21-10-8-19(26)9-11-21/h8-11,18,20H,3-7,12-17H2,1-2H3,(H,27,31)(H,29,30). The largest absolute Gasteiger partial charge is 0.494 e. The summed E-state index contributed by atoms with van der Waals surface area (Å²) < 4.78 is 10.8. The third kappa shape index (κ3) is 8.54. The van der Waals surface area contributed by atoms with Crippen LogP contribution in [0.15, 0.2) is 24.3 Å². The van der Waals surface area contributed by atoms with Gasteiger partial charge in [0.2, 0.25) is 5.91 Å². The zero-order valence-corrected chi connectivity index (χ0v) is 20.4. The lowest BCUT2D eigenvalue weighted by Crippen LogP contribution is -2.47. The Morgan fingerprint density at radius 1 is 1.12 bits per heavy atom. The van der Waals surface area contributed by atoms with Crippen molar-refractivity contribution in [1.29, 1.82) is 0 Å². The molecule has 1 aliphatic rings. The van der Waals surface area contributed by atoms with E-state index in [2.05, 4.69) is 5.32 Å². The molecule has 1 saturated carbocycles. The number of carboxylic acids is 1. The lowest BCUT2D eigenvalue weighted by atomic mass is 9.75. The predicted octanol–water partition coefficient (Wildman–Crippen LogP) is 5.00. The van der Waals surface area contributed by atoms with E-state index >= 15 is 0 Å². The van der Waals surface area contributed by atoms with Gasteiger partial charge in [-0.1, -0.05) is 37.8 Å². The van der Waals surface area contributed by atoms with Gasteiger partial charge >= 0.3 is 11.9 Å². The minimum atomic E-state index is -0.852. The number of benzene rings is 1. The van der Waals surface area contributed by atoms with Gasteiger partial charge in [0.15, 0.2) is 0 Å². The highest BCUT2D eigenvalue weighted by molar-refractivity contribution is 6.30. The number of hydrogen-bond acceptors (Lipinski definition) is 5. The van der Waals surface area contributed by atoms with E-state index in [0.717, 1.165) is 19.3 Å². The maximum Gasteiger partial charge on any atom is 0.307 e. The average molecular weight is 482 g/mol. The van der Waals surface area contributed by atoms with Crippen molar-refractivity contribution >= 4 is 29.4 Å². The Labute approximate surface area is 201 Å².